The van der Waals surface area contributed by atoms with E-state index in [9.17, 15) is 4.79 Å². The van der Waals surface area contributed by atoms with Crippen LogP contribution in [0.4, 0.5) is 0 Å². The molecule has 1 aliphatic carbocycles. The van der Waals surface area contributed by atoms with Crippen molar-refractivity contribution in [1.82, 2.24) is 4.90 Å². The molecule has 0 unspecified atom stereocenters. The van der Waals surface area contributed by atoms with E-state index in [0.717, 1.165) is 13.0 Å². The number of carbonyl (C=O) groups is 1. The average Bonchev–Trinajstić information content (AvgIpc) is 2.94. The topological polar surface area (TPSA) is 20.3 Å². The van der Waals surface area contributed by atoms with Gasteiger partial charge in [-0.2, -0.15) is 0 Å². The van der Waals surface area contributed by atoms with E-state index in [1.54, 1.807) is 0 Å². The van der Waals surface area contributed by atoms with E-state index in [1.807, 2.05) is 19.9 Å². The normalized spacial score (nSPS) is 15.9. The van der Waals surface area contributed by atoms with Gasteiger partial charge in [0.15, 0.2) is 0 Å². The third-order valence-electron chi connectivity index (χ3n) is 4.03. The summed E-state index contributed by atoms with van der Waals surface area (Å²) in [6.07, 6.45) is 5.89. The van der Waals surface area contributed by atoms with Gasteiger partial charge in [-0.05, 0) is 24.8 Å². The van der Waals surface area contributed by atoms with Crippen LogP contribution in [0.2, 0.25) is 0 Å². The molecule has 1 aromatic rings. The minimum atomic E-state index is 0.108. The van der Waals surface area contributed by atoms with E-state index in [1.165, 1.54) is 31.2 Å². The van der Waals surface area contributed by atoms with Crippen LogP contribution in [0.25, 0.3) is 0 Å². The molecule has 0 aliphatic heterocycles. The first kappa shape index (κ1) is 14.1. The molecule has 104 valence electrons. The molecule has 1 amide bonds. The highest BCUT2D eigenvalue weighted by Crippen LogP contribution is 2.25. The van der Waals surface area contributed by atoms with Gasteiger partial charge in [0.1, 0.15) is 0 Å². The average molecular weight is 259 g/mol. The number of nitrogens with zero attached hydrogens (tertiary/aromatic N) is 1. The van der Waals surface area contributed by atoms with Crippen molar-refractivity contribution in [3.05, 3.63) is 35.9 Å². The lowest BCUT2D eigenvalue weighted by Gasteiger charge is -2.30. The number of hydrogen-bond acceptors (Lipinski definition) is 1. The molecule has 0 radical (unpaired) electrons. The van der Waals surface area contributed by atoms with Crippen LogP contribution in [0.5, 0.6) is 0 Å². The smallest absolute Gasteiger partial charge is 0.225 e. The van der Waals surface area contributed by atoms with E-state index in [-0.39, 0.29) is 5.92 Å². The largest absolute Gasteiger partial charge is 0.339 e. The van der Waals surface area contributed by atoms with Crippen molar-refractivity contribution in [1.29, 1.82) is 0 Å². The van der Waals surface area contributed by atoms with Crippen LogP contribution < -0.4 is 0 Å². The molecule has 2 heteroatoms. The predicted molar refractivity (Wildman–Crippen MR) is 79.0 cm³/mol. The molecule has 0 spiro atoms. The van der Waals surface area contributed by atoms with Crippen molar-refractivity contribution < 1.29 is 4.79 Å². The van der Waals surface area contributed by atoms with Gasteiger partial charge in [-0.25, -0.2) is 0 Å². The van der Waals surface area contributed by atoms with Gasteiger partial charge in [-0.1, -0.05) is 57.0 Å². The second-order valence-electron chi connectivity index (χ2n) is 5.86. The van der Waals surface area contributed by atoms with Crippen LogP contribution in [0.1, 0.15) is 45.1 Å². The summed E-state index contributed by atoms with van der Waals surface area (Å²) in [5, 5.41) is 0. The van der Waals surface area contributed by atoms with Crippen molar-refractivity contribution in [2.75, 3.05) is 6.54 Å². The van der Waals surface area contributed by atoms with Gasteiger partial charge in [0.05, 0.1) is 0 Å². The van der Waals surface area contributed by atoms with Crippen molar-refractivity contribution in [2.45, 2.75) is 52.0 Å². The van der Waals surface area contributed by atoms with Gasteiger partial charge in [-0.3, -0.25) is 4.79 Å². The summed E-state index contributed by atoms with van der Waals surface area (Å²) >= 11 is 0. The van der Waals surface area contributed by atoms with Gasteiger partial charge in [0.2, 0.25) is 5.91 Å². The Labute approximate surface area is 116 Å². The third kappa shape index (κ3) is 3.82. The van der Waals surface area contributed by atoms with Crippen molar-refractivity contribution >= 4 is 5.91 Å². The molecule has 0 aromatic heterocycles. The van der Waals surface area contributed by atoms with Crippen molar-refractivity contribution in [3.63, 3.8) is 0 Å². The lowest BCUT2D eigenvalue weighted by Crippen LogP contribution is -2.42. The monoisotopic (exact) mass is 259 g/mol. The molecule has 1 fully saturated rings. The fourth-order valence-corrected chi connectivity index (χ4v) is 2.91. The quantitative estimate of drug-likeness (QED) is 0.790. The van der Waals surface area contributed by atoms with E-state index in [0.29, 0.717) is 11.9 Å². The first-order chi connectivity index (χ1) is 9.18. The van der Waals surface area contributed by atoms with Crippen LogP contribution in [0, 0.1) is 5.92 Å². The molecule has 0 bridgehead atoms. The molecule has 1 aromatic carbocycles. The van der Waals surface area contributed by atoms with E-state index in [2.05, 4.69) is 29.2 Å². The lowest BCUT2D eigenvalue weighted by molar-refractivity contribution is -0.136. The van der Waals surface area contributed by atoms with Gasteiger partial charge in [-0.15, -0.1) is 0 Å². The minimum absolute atomic E-state index is 0.108. The highest BCUT2D eigenvalue weighted by atomic mass is 16.2. The number of carbonyl (C=O) groups excluding carboxylic acids is 1. The van der Waals surface area contributed by atoms with Gasteiger partial charge in [0.25, 0.3) is 0 Å². The first-order valence-corrected chi connectivity index (χ1v) is 7.53. The SMILES string of the molecule is CC(C)C(=O)N(CCc1ccccc1)C1CCCC1. The summed E-state index contributed by atoms with van der Waals surface area (Å²) in [5.41, 5.74) is 1.32. The Balaban J connectivity index is 1.99. The van der Waals surface area contributed by atoms with Gasteiger partial charge >= 0.3 is 0 Å². The maximum atomic E-state index is 12.4. The summed E-state index contributed by atoms with van der Waals surface area (Å²) in [4.78, 5) is 14.5. The lowest BCUT2D eigenvalue weighted by atomic mass is 10.1. The highest BCUT2D eigenvalue weighted by Gasteiger charge is 2.27. The predicted octanol–water partition coefficient (Wildman–Crippen LogP) is 3.66. The second-order valence-corrected chi connectivity index (χ2v) is 5.86. The maximum Gasteiger partial charge on any atom is 0.225 e. The third-order valence-corrected chi connectivity index (χ3v) is 4.03. The molecule has 0 N–H and O–H groups in total. The van der Waals surface area contributed by atoms with Crippen LogP contribution in [-0.4, -0.2) is 23.4 Å². The summed E-state index contributed by atoms with van der Waals surface area (Å²) in [6, 6.07) is 11.0. The molecule has 19 heavy (non-hydrogen) atoms. The Morgan fingerprint density at radius 2 is 1.84 bits per heavy atom. The zero-order valence-electron chi connectivity index (χ0n) is 12.1. The molecule has 1 aliphatic rings. The second kappa shape index (κ2) is 6.74. The molecule has 1 saturated carbocycles. The molecule has 0 saturated heterocycles. The van der Waals surface area contributed by atoms with Crippen LogP contribution in [-0.2, 0) is 11.2 Å². The van der Waals surface area contributed by atoms with Gasteiger partial charge in [0, 0.05) is 18.5 Å². The number of hydrogen-bond donors (Lipinski definition) is 0. The summed E-state index contributed by atoms with van der Waals surface area (Å²) in [6.45, 7) is 4.88. The fraction of sp³-hybridized carbons (Fsp3) is 0.588. The standard InChI is InChI=1S/C17H25NO/c1-14(2)17(19)18(16-10-6-7-11-16)13-12-15-8-4-3-5-9-15/h3-5,8-9,14,16H,6-7,10-13H2,1-2H3. The Bertz CT molecular complexity index is 393. The minimum Gasteiger partial charge on any atom is -0.339 e. The molecule has 0 atom stereocenters. The Kier molecular flexibility index (Phi) is 5.00. The van der Waals surface area contributed by atoms with E-state index in [4.69, 9.17) is 0 Å². The molecular formula is C17H25NO. The highest BCUT2D eigenvalue weighted by molar-refractivity contribution is 5.78. The van der Waals surface area contributed by atoms with E-state index >= 15 is 0 Å². The number of amides is 1. The van der Waals surface area contributed by atoms with Gasteiger partial charge < -0.3 is 4.90 Å². The zero-order valence-corrected chi connectivity index (χ0v) is 12.1. The fourth-order valence-electron chi connectivity index (χ4n) is 2.91. The molecule has 2 nitrogen and oxygen atoms in total. The summed E-state index contributed by atoms with van der Waals surface area (Å²) < 4.78 is 0. The maximum absolute atomic E-state index is 12.4. The van der Waals surface area contributed by atoms with E-state index < -0.39 is 0 Å². The first-order valence-electron chi connectivity index (χ1n) is 7.53. The Hall–Kier alpha value is -1.31. The summed E-state index contributed by atoms with van der Waals surface area (Å²) in [5.74, 6) is 0.430. The Morgan fingerprint density at radius 1 is 1.21 bits per heavy atom. The van der Waals surface area contributed by atoms with Crippen LogP contribution in [0.15, 0.2) is 30.3 Å². The Morgan fingerprint density at radius 3 is 2.42 bits per heavy atom. The van der Waals surface area contributed by atoms with Crippen LogP contribution >= 0.6 is 0 Å². The van der Waals surface area contributed by atoms with Crippen molar-refractivity contribution in [2.24, 2.45) is 5.92 Å². The number of benzene rings is 1. The summed E-state index contributed by atoms with van der Waals surface area (Å²) in [7, 11) is 0. The molecular weight excluding hydrogens is 234 g/mol. The van der Waals surface area contributed by atoms with Crippen molar-refractivity contribution in [3.8, 4) is 0 Å². The van der Waals surface area contributed by atoms with Crippen LogP contribution in [0.3, 0.4) is 0 Å². The number of rotatable bonds is 5. The zero-order chi connectivity index (χ0) is 13.7. The molecule has 0 heterocycles. The molecule has 2 rings (SSSR count).